The van der Waals surface area contributed by atoms with Crippen molar-refractivity contribution in [3.8, 4) is 0 Å². The van der Waals surface area contributed by atoms with Crippen LogP contribution in [0.15, 0.2) is 18.3 Å². The first-order chi connectivity index (χ1) is 8.15. The number of nitrogens with one attached hydrogen (secondary N) is 1. The highest BCUT2D eigenvalue weighted by molar-refractivity contribution is 5.93. The molecule has 0 saturated heterocycles. The Kier molecular flexibility index (Phi) is 3.71. The van der Waals surface area contributed by atoms with Crippen LogP contribution < -0.4 is 5.32 Å². The van der Waals surface area contributed by atoms with E-state index < -0.39 is 5.95 Å². The summed E-state index contributed by atoms with van der Waals surface area (Å²) in [4.78, 5) is 15.2. The van der Waals surface area contributed by atoms with E-state index in [1.807, 2.05) is 0 Å². The van der Waals surface area contributed by atoms with Gasteiger partial charge in [0.1, 0.15) is 0 Å². The molecule has 0 aromatic carbocycles. The SMILES string of the molecule is CC1CCC(CNC(=O)c2ccnc(F)c2)C1. The second-order valence-corrected chi connectivity index (χ2v) is 4.86. The lowest BCUT2D eigenvalue weighted by molar-refractivity contribution is 0.0946. The fourth-order valence-electron chi connectivity index (χ4n) is 2.39. The molecule has 1 aromatic rings. The molecular formula is C13H17FN2O. The predicted molar refractivity (Wildman–Crippen MR) is 63.0 cm³/mol. The van der Waals surface area contributed by atoms with Crippen molar-refractivity contribution in [2.24, 2.45) is 11.8 Å². The molecule has 1 aliphatic carbocycles. The van der Waals surface area contributed by atoms with Crippen LogP contribution in [0.25, 0.3) is 0 Å². The maximum atomic E-state index is 12.8. The number of pyridine rings is 1. The molecule has 17 heavy (non-hydrogen) atoms. The zero-order valence-corrected chi connectivity index (χ0v) is 9.95. The number of amides is 1. The van der Waals surface area contributed by atoms with Crippen LogP contribution >= 0.6 is 0 Å². The van der Waals surface area contributed by atoms with Crippen LogP contribution in [0.5, 0.6) is 0 Å². The third-order valence-electron chi connectivity index (χ3n) is 3.34. The van der Waals surface area contributed by atoms with Gasteiger partial charge in [-0.15, -0.1) is 0 Å². The van der Waals surface area contributed by atoms with Crippen molar-refractivity contribution in [2.75, 3.05) is 6.54 Å². The van der Waals surface area contributed by atoms with Crippen LogP contribution in [0.4, 0.5) is 4.39 Å². The van der Waals surface area contributed by atoms with Gasteiger partial charge in [-0.25, -0.2) is 4.98 Å². The van der Waals surface area contributed by atoms with Gasteiger partial charge in [0, 0.05) is 24.4 Å². The second-order valence-electron chi connectivity index (χ2n) is 4.86. The molecule has 2 unspecified atom stereocenters. The van der Waals surface area contributed by atoms with Crippen LogP contribution in [0.1, 0.15) is 36.5 Å². The van der Waals surface area contributed by atoms with E-state index in [2.05, 4.69) is 17.2 Å². The summed E-state index contributed by atoms with van der Waals surface area (Å²) < 4.78 is 12.8. The molecule has 4 heteroatoms. The van der Waals surface area contributed by atoms with Crippen LogP contribution in [0.3, 0.4) is 0 Å². The minimum absolute atomic E-state index is 0.217. The van der Waals surface area contributed by atoms with Gasteiger partial charge in [0.05, 0.1) is 0 Å². The Morgan fingerprint density at radius 2 is 2.41 bits per heavy atom. The third-order valence-corrected chi connectivity index (χ3v) is 3.34. The number of carbonyl (C=O) groups excluding carboxylic acids is 1. The van der Waals surface area contributed by atoms with E-state index in [4.69, 9.17) is 0 Å². The summed E-state index contributed by atoms with van der Waals surface area (Å²) in [6, 6.07) is 2.68. The molecule has 1 saturated carbocycles. The van der Waals surface area contributed by atoms with Crippen molar-refractivity contribution in [1.29, 1.82) is 0 Å². The van der Waals surface area contributed by atoms with Crippen LogP contribution in [-0.2, 0) is 0 Å². The number of aromatic nitrogens is 1. The minimum Gasteiger partial charge on any atom is -0.352 e. The number of nitrogens with zero attached hydrogens (tertiary/aromatic N) is 1. The third kappa shape index (κ3) is 3.25. The summed E-state index contributed by atoms with van der Waals surface area (Å²) in [6.07, 6.45) is 4.89. The maximum Gasteiger partial charge on any atom is 0.251 e. The van der Waals surface area contributed by atoms with E-state index >= 15 is 0 Å². The van der Waals surface area contributed by atoms with Gasteiger partial charge in [0.15, 0.2) is 0 Å². The van der Waals surface area contributed by atoms with Gasteiger partial charge in [0.2, 0.25) is 5.95 Å². The number of carbonyl (C=O) groups is 1. The zero-order chi connectivity index (χ0) is 12.3. The van der Waals surface area contributed by atoms with Gasteiger partial charge < -0.3 is 5.32 Å². The Bertz CT molecular complexity index is 408. The van der Waals surface area contributed by atoms with E-state index in [0.717, 1.165) is 12.0 Å². The highest BCUT2D eigenvalue weighted by atomic mass is 19.1. The van der Waals surface area contributed by atoms with E-state index in [1.165, 1.54) is 31.5 Å². The van der Waals surface area contributed by atoms with Crippen molar-refractivity contribution in [3.05, 3.63) is 29.8 Å². The lowest BCUT2D eigenvalue weighted by Crippen LogP contribution is -2.28. The summed E-state index contributed by atoms with van der Waals surface area (Å²) >= 11 is 0. The number of halogens is 1. The van der Waals surface area contributed by atoms with Crippen molar-refractivity contribution in [1.82, 2.24) is 10.3 Å². The molecule has 0 aliphatic heterocycles. The van der Waals surface area contributed by atoms with Crippen LogP contribution in [0, 0.1) is 17.8 Å². The van der Waals surface area contributed by atoms with Crippen molar-refractivity contribution in [2.45, 2.75) is 26.2 Å². The molecule has 0 spiro atoms. The molecule has 0 bridgehead atoms. The fourth-order valence-corrected chi connectivity index (χ4v) is 2.39. The Morgan fingerprint density at radius 1 is 1.59 bits per heavy atom. The fraction of sp³-hybridized carbons (Fsp3) is 0.538. The van der Waals surface area contributed by atoms with Gasteiger partial charge in [-0.1, -0.05) is 13.3 Å². The van der Waals surface area contributed by atoms with Crippen molar-refractivity contribution in [3.63, 3.8) is 0 Å². The molecule has 1 N–H and O–H groups in total. The van der Waals surface area contributed by atoms with Gasteiger partial charge in [0.25, 0.3) is 5.91 Å². The highest BCUT2D eigenvalue weighted by Crippen LogP contribution is 2.29. The molecule has 2 atom stereocenters. The Labute approximate surface area is 100 Å². The molecule has 1 heterocycles. The van der Waals surface area contributed by atoms with E-state index in [1.54, 1.807) is 0 Å². The number of rotatable bonds is 3. The van der Waals surface area contributed by atoms with E-state index in [0.29, 0.717) is 18.0 Å². The van der Waals surface area contributed by atoms with Crippen molar-refractivity contribution >= 4 is 5.91 Å². The Balaban J connectivity index is 1.85. The lowest BCUT2D eigenvalue weighted by atomic mass is 10.1. The molecule has 2 rings (SSSR count). The molecule has 1 amide bonds. The van der Waals surface area contributed by atoms with E-state index in [9.17, 15) is 9.18 Å². The molecule has 1 fully saturated rings. The molecular weight excluding hydrogens is 219 g/mol. The monoisotopic (exact) mass is 236 g/mol. The second kappa shape index (κ2) is 5.25. The zero-order valence-electron chi connectivity index (χ0n) is 9.95. The quantitative estimate of drug-likeness (QED) is 0.819. The minimum atomic E-state index is -0.618. The van der Waals surface area contributed by atoms with Crippen LogP contribution in [0.2, 0.25) is 0 Å². The molecule has 0 radical (unpaired) electrons. The average molecular weight is 236 g/mol. The standard InChI is InChI=1S/C13H17FN2O/c1-9-2-3-10(6-9)8-16-13(17)11-4-5-15-12(14)7-11/h4-5,7,9-10H,2-3,6,8H2,1H3,(H,16,17). The normalized spacial score (nSPS) is 23.6. The topological polar surface area (TPSA) is 42.0 Å². The lowest BCUT2D eigenvalue weighted by Gasteiger charge is -2.11. The number of hydrogen-bond donors (Lipinski definition) is 1. The summed E-state index contributed by atoms with van der Waals surface area (Å²) in [5.74, 6) is 0.494. The summed E-state index contributed by atoms with van der Waals surface area (Å²) in [6.45, 7) is 2.92. The largest absolute Gasteiger partial charge is 0.352 e. The van der Waals surface area contributed by atoms with Crippen molar-refractivity contribution < 1.29 is 9.18 Å². The first-order valence-corrected chi connectivity index (χ1v) is 6.05. The van der Waals surface area contributed by atoms with Crippen LogP contribution in [-0.4, -0.2) is 17.4 Å². The first kappa shape index (κ1) is 12.0. The average Bonchev–Trinajstić information content (AvgIpc) is 2.72. The van der Waals surface area contributed by atoms with Gasteiger partial charge in [-0.05, 0) is 30.7 Å². The molecule has 1 aromatic heterocycles. The Hall–Kier alpha value is -1.45. The summed E-state index contributed by atoms with van der Waals surface area (Å²) in [7, 11) is 0. The van der Waals surface area contributed by atoms with E-state index in [-0.39, 0.29) is 5.91 Å². The maximum absolute atomic E-state index is 12.8. The highest BCUT2D eigenvalue weighted by Gasteiger charge is 2.21. The molecule has 1 aliphatic rings. The molecule has 92 valence electrons. The van der Waals surface area contributed by atoms with Gasteiger partial charge in [-0.3, -0.25) is 4.79 Å². The summed E-state index contributed by atoms with van der Waals surface area (Å²) in [5, 5.41) is 2.86. The van der Waals surface area contributed by atoms with Gasteiger partial charge >= 0.3 is 0 Å². The number of hydrogen-bond acceptors (Lipinski definition) is 2. The van der Waals surface area contributed by atoms with Gasteiger partial charge in [-0.2, -0.15) is 4.39 Å². The summed E-state index contributed by atoms with van der Waals surface area (Å²) in [5.41, 5.74) is 0.337. The predicted octanol–water partition coefficient (Wildman–Crippen LogP) is 2.39. The Morgan fingerprint density at radius 3 is 3.06 bits per heavy atom. The molecule has 3 nitrogen and oxygen atoms in total. The first-order valence-electron chi connectivity index (χ1n) is 6.05. The smallest absolute Gasteiger partial charge is 0.251 e.